The first-order valence-electron chi connectivity index (χ1n) is 9.04. The van der Waals surface area contributed by atoms with E-state index in [4.69, 9.17) is 4.74 Å². The number of benzene rings is 2. The molecule has 1 unspecified atom stereocenters. The van der Waals surface area contributed by atoms with Crippen molar-refractivity contribution in [2.75, 3.05) is 16.8 Å². The number of nitrogens with one attached hydrogen (secondary N) is 1. The molecule has 0 saturated carbocycles. The molecule has 1 N–H and O–H groups in total. The summed E-state index contributed by atoms with van der Waals surface area (Å²) in [5, 5.41) is 2.91. The lowest BCUT2D eigenvalue weighted by Crippen LogP contribution is -2.44. The maximum Gasteiger partial charge on any atom is 0.267 e. The maximum absolute atomic E-state index is 12.5. The van der Waals surface area contributed by atoms with Gasteiger partial charge in [0, 0.05) is 12.2 Å². The van der Waals surface area contributed by atoms with Crippen LogP contribution in [0.25, 0.3) is 0 Å². The molecule has 0 aromatic heterocycles. The van der Waals surface area contributed by atoms with E-state index in [1.54, 1.807) is 11.8 Å². The lowest BCUT2D eigenvalue weighted by molar-refractivity contribution is -0.125. The average molecular weight is 352 g/mol. The Kier molecular flexibility index (Phi) is 5.56. The Balaban J connectivity index is 1.77. The van der Waals surface area contributed by atoms with Gasteiger partial charge in [0.1, 0.15) is 5.75 Å². The standard InChI is InChI=1S/C21H24N2O3/c1-3-4-12-23-18-14-17(10-11-19(18)26-15(2)21(23)25)22-20(24)13-16-8-6-5-7-9-16/h5-11,14-15H,3-4,12-13H2,1-2H3,(H,22,24). The first-order valence-corrected chi connectivity index (χ1v) is 9.04. The molecule has 2 aromatic rings. The van der Waals surface area contributed by atoms with Gasteiger partial charge in [0.2, 0.25) is 5.91 Å². The topological polar surface area (TPSA) is 58.6 Å². The highest BCUT2D eigenvalue weighted by atomic mass is 16.5. The first-order chi connectivity index (χ1) is 12.6. The molecule has 0 aliphatic carbocycles. The van der Waals surface area contributed by atoms with E-state index in [0.29, 0.717) is 24.4 Å². The number of anilines is 2. The molecular weight excluding hydrogens is 328 g/mol. The van der Waals surface area contributed by atoms with Crippen LogP contribution in [0.2, 0.25) is 0 Å². The van der Waals surface area contributed by atoms with Crippen molar-refractivity contribution in [3.05, 3.63) is 54.1 Å². The highest BCUT2D eigenvalue weighted by Gasteiger charge is 2.31. The van der Waals surface area contributed by atoms with E-state index < -0.39 is 6.10 Å². The Hall–Kier alpha value is -2.82. The van der Waals surface area contributed by atoms with E-state index in [1.807, 2.05) is 48.5 Å². The third-order valence-electron chi connectivity index (χ3n) is 4.39. The van der Waals surface area contributed by atoms with Crippen molar-refractivity contribution in [3.63, 3.8) is 0 Å². The van der Waals surface area contributed by atoms with Crippen LogP contribution in [0.15, 0.2) is 48.5 Å². The van der Waals surface area contributed by atoms with Gasteiger partial charge in [0.15, 0.2) is 6.10 Å². The number of amides is 2. The van der Waals surface area contributed by atoms with Crippen LogP contribution in [0.1, 0.15) is 32.3 Å². The van der Waals surface area contributed by atoms with E-state index in [2.05, 4.69) is 12.2 Å². The molecule has 2 amide bonds. The summed E-state index contributed by atoms with van der Waals surface area (Å²) in [5.74, 6) is 0.542. The summed E-state index contributed by atoms with van der Waals surface area (Å²) in [7, 11) is 0. The fraction of sp³-hybridized carbons (Fsp3) is 0.333. The highest BCUT2D eigenvalue weighted by molar-refractivity contribution is 6.01. The fourth-order valence-electron chi connectivity index (χ4n) is 3.02. The van der Waals surface area contributed by atoms with Crippen molar-refractivity contribution in [1.82, 2.24) is 0 Å². The van der Waals surface area contributed by atoms with Crippen LogP contribution in [0.4, 0.5) is 11.4 Å². The van der Waals surface area contributed by atoms with Gasteiger partial charge in [-0.1, -0.05) is 43.7 Å². The summed E-state index contributed by atoms with van der Waals surface area (Å²) in [4.78, 5) is 26.5. The zero-order valence-electron chi connectivity index (χ0n) is 15.2. The quantitative estimate of drug-likeness (QED) is 0.861. The van der Waals surface area contributed by atoms with E-state index in [-0.39, 0.29) is 11.8 Å². The van der Waals surface area contributed by atoms with E-state index in [1.165, 1.54) is 0 Å². The molecule has 1 atom stereocenters. The van der Waals surface area contributed by atoms with Crippen LogP contribution < -0.4 is 15.0 Å². The molecule has 0 fully saturated rings. The highest BCUT2D eigenvalue weighted by Crippen LogP contribution is 2.36. The number of unbranched alkanes of at least 4 members (excludes halogenated alkanes) is 1. The summed E-state index contributed by atoms with van der Waals surface area (Å²) < 4.78 is 5.71. The van der Waals surface area contributed by atoms with E-state index in [9.17, 15) is 9.59 Å². The monoisotopic (exact) mass is 352 g/mol. The van der Waals surface area contributed by atoms with Gasteiger partial charge < -0.3 is 15.0 Å². The molecular formula is C21H24N2O3. The summed E-state index contributed by atoms with van der Waals surface area (Å²) in [5.41, 5.74) is 2.34. The number of hydrogen-bond acceptors (Lipinski definition) is 3. The van der Waals surface area contributed by atoms with Crippen molar-refractivity contribution in [3.8, 4) is 5.75 Å². The second-order valence-electron chi connectivity index (χ2n) is 6.50. The van der Waals surface area contributed by atoms with Crippen LogP contribution in [0, 0.1) is 0 Å². The third-order valence-corrected chi connectivity index (χ3v) is 4.39. The van der Waals surface area contributed by atoms with Gasteiger partial charge in [-0.2, -0.15) is 0 Å². The Morgan fingerprint density at radius 3 is 2.69 bits per heavy atom. The fourth-order valence-corrected chi connectivity index (χ4v) is 3.02. The molecule has 0 radical (unpaired) electrons. The molecule has 1 heterocycles. The average Bonchev–Trinajstić information content (AvgIpc) is 2.63. The summed E-state index contributed by atoms with van der Waals surface area (Å²) >= 11 is 0. The Morgan fingerprint density at radius 1 is 1.19 bits per heavy atom. The smallest absolute Gasteiger partial charge is 0.267 e. The van der Waals surface area contributed by atoms with Gasteiger partial charge in [0.05, 0.1) is 12.1 Å². The van der Waals surface area contributed by atoms with Crippen molar-refractivity contribution < 1.29 is 14.3 Å². The van der Waals surface area contributed by atoms with E-state index >= 15 is 0 Å². The maximum atomic E-state index is 12.5. The van der Waals surface area contributed by atoms with Gasteiger partial charge in [-0.05, 0) is 37.1 Å². The predicted molar refractivity (Wildman–Crippen MR) is 103 cm³/mol. The summed E-state index contributed by atoms with van der Waals surface area (Å²) in [6.07, 6.45) is 1.74. The van der Waals surface area contributed by atoms with Crippen molar-refractivity contribution >= 4 is 23.2 Å². The zero-order valence-corrected chi connectivity index (χ0v) is 15.2. The van der Waals surface area contributed by atoms with Crippen LogP contribution >= 0.6 is 0 Å². The number of fused-ring (bicyclic) bond motifs is 1. The molecule has 1 aliphatic rings. The zero-order chi connectivity index (χ0) is 18.5. The molecule has 5 nitrogen and oxygen atoms in total. The number of hydrogen-bond donors (Lipinski definition) is 1. The molecule has 0 saturated heterocycles. The number of nitrogens with zero attached hydrogens (tertiary/aromatic N) is 1. The van der Waals surface area contributed by atoms with Gasteiger partial charge in [0.25, 0.3) is 5.91 Å². The molecule has 26 heavy (non-hydrogen) atoms. The van der Waals surface area contributed by atoms with Crippen LogP contribution in [-0.2, 0) is 16.0 Å². The Morgan fingerprint density at radius 2 is 1.96 bits per heavy atom. The van der Waals surface area contributed by atoms with Gasteiger partial charge in [-0.3, -0.25) is 9.59 Å². The van der Waals surface area contributed by atoms with Crippen molar-refractivity contribution in [2.45, 2.75) is 39.2 Å². The number of ether oxygens (including phenoxy) is 1. The molecule has 1 aliphatic heterocycles. The van der Waals surface area contributed by atoms with Crippen molar-refractivity contribution in [2.24, 2.45) is 0 Å². The summed E-state index contributed by atoms with van der Waals surface area (Å²) in [6, 6.07) is 15.0. The van der Waals surface area contributed by atoms with Crippen molar-refractivity contribution in [1.29, 1.82) is 0 Å². The Bertz CT molecular complexity index is 789. The number of carbonyl (C=O) groups excluding carboxylic acids is 2. The minimum Gasteiger partial charge on any atom is -0.479 e. The SMILES string of the molecule is CCCCN1C(=O)C(C)Oc2ccc(NC(=O)Cc3ccccc3)cc21. The lowest BCUT2D eigenvalue weighted by atomic mass is 10.1. The van der Waals surface area contributed by atoms with Crippen LogP contribution in [0.5, 0.6) is 5.75 Å². The molecule has 3 rings (SSSR count). The molecule has 136 valence electrons. The van der Waals surface area contributed by atoms with Crippen LogP contribution in [0.3, 0.4) is 0 Å². The molecule has 5 heteroatoms. The number of rotatable bonds is 6. The third kappa shape index (κ3) is 4.04. The lowest BCUT2D eigenvalue weighted by Gasteiger charge is -2.33. The Labute approximate surface area is 154 Å². The first kappa shape index (κ1) is 18.0. The minimum absolute atomic E-state index is 0.0429. The predicted octanol–water partition coefficient (Wildman–Crippen LogP) is 3.78. The molecule has 2 aromatic carbocycles. The summed E-state index contributed by atoms with van der Waals surface area (Å²) in [6.45, 7) is 4.51. The normalized spacial score (nSPS) is 16.0. The van der Waals surface area contributed by atoms with E-state index in [0.717, 1.165) is 24.1 Å². The van der Waals surface area contributed by atoms with Gasteiger partial charge in [-0.15, -0.1) is 0 Å². The minimum atomic E-state index is -0.488. The van der Waals surface area contributed by atoms with Gasteiger partial charge in [-0.25, -0.2) is 0 Å². The largest absolute Gasteiger partial charge is 0.479 e. The second-order valence-corrected chi connectivity index (χ2v) is 6.50. The molecule has 0 spiro atoms. The van der Waals surface area contributed by atoms with Crippen LogP contribution in [-0.4, -0.2) is 24.5 Å². The second kappa shape index (κ2) is 8.04. The molecule has 0 bridgehead atoms. The number of carbonyl (C=O) groups is 2. The van der Waals surface area contributed by atoms with Gasteiger partial charge >= 0.3 is 0 Å².